The first kappa shape index (κ1) is 10.9. The summed E-state index contributed by atoms with van der Waals surface area (Å²) in [5.74, 6) is 1.80. The fourth-order valence-corrected chi connectivity index (χ4v) is 2.93. The third kappa shape index (κ3) is 2.94. The molecule has 1 heteroatoms. The lowest BCUT2D eigenvalue weighted by Crippen LogP contribution is -2.24. The average molecular weight is 205 g/mol. The Morgan fingerprint density at radius 2 is 2.00 bits per heavy atom. The monoisotopic (exact) mass is 205 g/mol. The molecule has 1 fully saturated rings. The molecule has 0 spiro atoms. The van der Waals surface area contributed by atoms with Crippen LogP contribution in [0.2, 0.25) is 0 Å². The highest BCUT2D eigenvalue weighted by Crippen LogP contribution is 2.34. The maximum atomic E-state index is 3.30. The molecule has 0 amide bonds. The van der Waals surface area contributed by atoms with E-state index in [0.29, 0.717) is 0 Å². The molecule has 0 radical (unpaired) electrons. The van der Waals surface area contributed by atoms with Crippen molar-refractivity contribution in [2.45, 2.75) is 38.5 Å². The summed E-state index contributed by atoms with van der Waals surface area (Å²) in [6, 6.07) is 0. The fraction of sp³-hybridized carbons (Fsp3) is 0.714. The van der Waals surface area contributed by atoms with E-state index in [9.17, 15) is 0 Å². The summed E-state index contributed by atoms with van der Waals surface area (Å²) in [6.45, 7) is 1.21. The SMILES string of the molecule is CNCC1CCC(C2=CCCC=C2)CC1. The summed E-state index contributed by atoms with van der Waals surface area (Å²) < 4.78 is 0. The molecule has 0 heterocycles. The van der Waals surface area contributed by atoms with Crippen LogP contribution in [-0.4, -0.2) is 13.6 Å². The third-order valence-corrected chi connectivity index (χ3v) is 3.83. The summed E-state index contributed by atoms with van der Waals surface area (Å²) in [5, 5.41) is 3.30. The summed E-state index contributed by atoms with van der Waals surface area (Å²) in [7, 11) is 2.07. The Balaban J connectivity index is 1.82. The van der Waals surface area contributed by atoms with Gasteiger partial charge in [-0.1, -0.05) is 18.2 Å². The smallest absolute Gasteiger partial charge is 0.00235 e. The molecular weight excluding hydrogens is 182 g/mol. The van der Waals surface area contributed by atoms with Gasteiger partial charge in [0.1, 0.15) is 0 Å². The van der Waals surface area contributed by atoms with E-state index in [-0.39, 0.29) is 0 Å². The van der Waals surface area contributed by atoms with Crippen molar-refractivity contribution in [1.29, 1.82) is 0 Å². The van der Waals surface area contributed by atoms with Gasteiger partial charge in [-0.15, -0.1) is 0 Å². The van der Waals surface area contributed by atoms with E-state index >= 15 is 0 Å². The van der Waals surface area contributed by atoms with Gasteiger partial charge in [-0.2, -0.15) is 0 Å². The van der Waals surface area contributed by atoms with E-state index in [1.54, 1.807) is 5.57 Å². The number of allylic oxidation sites excluding steroid dienone is 4. The Morgan fingerprint density at radius 1 is 1.20 bits per heavy atom. The molecule has 84 valence electrons. The maximum Gasteiger partial charge on any atom is -0.00235 e. The van der Waals surface area contributed by atoms with Crippen molar-refractivity contribution in [3.63, 3.8) is 0 Å². The Bertz CT molecular complexity index is 244. The fourth-order valence-electron chi connectivity index (χ4n) is 2.93. The van der Waals surface area contributed by atoms with Gasteiger partial charge in [0.25, 0.3) is 0 Å². The molecule has 0 atom stereocenters. The minimum atomic E-state index is 0.870. The van der Waals surface area contributed by atoms with Gasteiger partial charge in [0, 0.05) is 0 Å². The van der Waals surface area contributed by atoms with Crippen LogP contribution in [0.3, 0.4) is 0 Å². The zero-order valence-electron chi connectivity index (χ0n) is 9.84. The van der Waals surface area contributed by atoms with Gasteiger partial charge < -0.3 is 5.32 Å². The van der Waals surface area contributed by atoms with Gasteiger partial charge >= 0.3 is 0 Å². The van der Waals surface area contributed by atoms with Crippen molar-refractivity contribution in [3.8, 4) is 0 Å². The highest BCUT2D eigenvalue weighted by atomic mass is 14.8. The first-order valence-electron chi connectivity index (χ1n) is 6.41. The second-order valence-corrected chi connectivity index (χ2v) is 4.96. The second kappa shape index (κ2) is 5.50. The number of rotatable bonds is 3. The van der Waals surface area contributed by atoms with Crippen LogP contribution in [0, 0.1) is 11.8 Å². The lowest BCUT2D eigenvalue weighted by atomic mass is 9.77. The van der Waals surface area contributed by atoms with Crippen molar-refractivity contribution < 1.29 is 0 Å². The summed E-state index contributed by atoms with van der Waals surface area (Å²) in [5.41, 5.74) is 1.63. The quantitative estimate of drug-likeness (QED) is 0.745. The molecule has 0 unspecified atom stereocenters. The Morgan fingerprint density at radius 3 is 2.60 bits per heavy atom. The minimum absolute atomic E-state index is 0.870. The van der Waals surface area contributed by atoms with E-state index in [1.165, 1.54) is 45.1 Å². The van der Waals surface area contributed by atoms with Crippen molar-refractivity contribution in [2.75, 3.05) is 13.6 Å². The van der Waals surface area contributed by atoms with E-state index < -0.39 is 0 Å². The van der Waals surface area contributed by atoms with Gasteiger partial charge in [-0.25, -0.2) is 0 Å². The van der Waals surface area contributed by atoms with Crippen LogP contribution in [0.5, 0.6) is 0 Å². The average Bonchev–Trinajstić information content (AvgIpc) is 2.32. The van der Waals surface area contributed by atoms with E-state index in [1.807, 2.05) is 0 Å². The summed E-state index contributed by atoms with van der Waals surface area (Å²) in [6.07, 6.45) is 15.3. The van der Waals surface area contributed by atoms with Crippen molar-refractivity contribution >= 4 is 0 Å². The molecule has 1 N–H and O–H groups in total. The molecule has 1 nitrogen and oxygen atoms in total. The molecule has 0 aromatic carbocycles. The topological polar surface area (TPSA) is 12.0 Å². The molecule has 0 bridgehead atoms. The van der Waals surface area contributed by atoms with Crippen LogP contribution >= 0.6 is 0 Å². The predicted octanol–water partition coefficient (Wildman–Crippen LogP) is 3.29. The summed E-state index contributed by atoms with van der Waals surface area (Å²) in [4.78, 5) is 0. The number of nitrogens with one attached hydrogen (secondary N) is 1. The van der Waals surface area contributed by atoms with Gasteiger partial charge in [0.15, 0.2) is 0 Å². The van der Waals surface area contributed by atoms with Crippen LogP contribution in [0.25, 0.3) is 0 Å². The van der Waals surface area contributed by atoms with E-state index in [0.717, 1.165) is 11.8 Å². The first-order valence-corrected chi connectivity index (χ1v) is 6.41. The van der Waals surface area contributed by atoms with Gasteiger partial charge in [-0.3, -0.25) is 0 Å². The first-order chi connectivity index (χ1) is 7.40. The second-order valence-electron chi connectivity index (χ2n) is 4.96. The molecule has 2 aliphatic rings. The van der Waals surface area contributed by atoms with Crippen LogP contribution in [0.4, 0.5) is 0 Å². The normalized spacial score (nSPS) is 31.4. The highest BCUT2D eigenvalue weighted by Gasteiger charge is 2.22. The van der Waals surface area contributed by atoms with Crippen molar-refractivity contribution in [3.05, 3.63) is 23.8 Å². The Hall–Kier alpha value is -0.560. The Kier molecular flexibility index (Phi) is 4.01. The highest BCUT2D eigenvalue weighted by molar-refractivity contribution is 5.25. The largest absolute Gasteiger partial charge is 0.319 e. The molecule has 2 aliphatic carbocycles. The third-order valence-electron chi connectivity index (χ3n) is 3.83. The predicted molar refractivity (Wildman–Crippen MR) is 65.8 cm³/mol. The van der Waals surface area contributed by atoms with Crippen molar-refractivity contribution in [1.82, 2.24) is 5.32 Å². The molecule has 0 aromatic heterocycles. The van der Waals surface area contributed by atoms with E-state index in [4.69, 9.17) is 0 Å². The van der Waals surface area contributed by atoms with Gasteiger partial charge in [0.05, 0.1) is 0 Å². The summed E-state index contributed by atoms with van der Waals surface area (Å²) >= 11 is 0. The molecule has 2 rings (SSSR count). The van der Waals surface area contributed by atoms with Crippen LogP contribution in [0.1, 0.15) is 38.5 Å². The molecule has 15 heavy (non-hydrogen) atoms. The maximum absolute atomic E-state index is 3.30. The molecular formula is C14H23N. The van der Waals surface area contributed by atoms with Crippen LogP contribution in [-0.2, 0) is 0 Å². The number of hydrogen-bond acceptors (Lipinski definition) is 1. The van der Waals surface area contributed by atoms with E-state index in [2.05, 4.69) is 30.6 Å². The molecule has 0 saturated heterocycles. The molecule has 0 aromatic rings. The lowest BCUT2D eigenvalue weighted by Gasteiger charge is -2.29. The minimum Gasteiger partial charge on any atom is -0.319 e. The zero-order valence-corrected chi connectivity index (χ0v) is 9.84. The number of hydrogen-bond donors (Lipinski definition) is 1. The van der Waals surface area contributed by atoms with Crippen LogP contribution < -0.4 is 5.32 Å². The molecule has 0 aliphatic heterocycles. The lowest BCUT2D eigenvalue weighted by molar-refractivity contribution is 0.299. The van der Waals surface area contributed by atoms with Gasteiger partial charge in [-0.05, 0) is 69.5 Å². The van der Waals surface area contributed by atoms with Crippen molar-refractivity contribution in [2.24, 2.45) is 11.8 Å². The van der Waals surface area contributed by atoms with Crippen LogP contribution in [0.15, 0.2) is 23.8 Å². The standard InChI is InChI=1S/C14H23N/c1-15-11-12-7-9-14(10-8-12)13-5-3-2-4-6-13/h3,5-6,12,14-15H,2,4,7-11H2,1H3. The Labute approximate surface area is 93.6 Å². The van der Waals surface area contributed by atoms with Gasteiger partial charge in [0.2, 0.25) is 0 Å². The molecule has 1 saturated carbocycles. The zero-order chi connectivity index (χ0) is 10.5.